The molecule has 20 heteroatoms. The number of para-hydroxylation sites is 9. The Balaban J connectivity index is 0.000000109. The molecular weight excluding hydrogens is 1780 g/mol. The molecule has 0 atom stereocenters. The summed E-state index contributed by atoms with van der Waals surface area (Å²) in [6, 6.07) is 99.0. The number of azo groups is 1. The van der Waals surface area contributed by atoms with Crippen molar-refractivity contribution < 1.29 is 55.0 Å². The number of nitrogens with zero attached hydrogens (tertiary/aromatic N) is 8. The van der Waals surface area contributed by atoms with Crippen molar-refractivity contribution in [3.05, 3.63) is 420 Å². The Morgan fingerprint density at radius 1 is 0.259 bits per heavy atom. The topological polar surface area (TPSA) is 186 Å². The smallest absolute Gasteiger partial charge is 0.345 e. The first kappa shape index (κ1) is 95.1. The Bertz CT molecular complexity index is 7650. The van der Waals surface area contributed by atoms with E-state index in [-0.39, 0.29) is 5.97 Å². The zero-order chi connectivity index (χ0) is 99.5. The maximum atomic E-state index is 12.6. The molecule has 0 bridgehead atoms. The van der Waals surface area contributed by atoms with E-state index < -0.39 is 0 Å². The van der Waals surface area contributed by atoms with E-state index in [1.165, 1.54) is 72.7 Å². The number of carbonyl (C=O) groups is 1. The minimum atomic E-state index is -0.369. The highest BCUT2D eigenvalue weighted by Gasteiger charge is 2.37. The molecule has 143 heavy (non-hydrogen) atoms. The monoisotopic (exact) mass is 1900 g/mol. The molecule has 720 valence electrons. The summed E-state index contributed by atoms with van der Waals surface area (Å²) >= 11 is 0. The Kier molecular flexibility index (Phi) is 27.2. The van der Waals surface area contributed by atoms with E-state index in [0.29, 0.717) is 41.1 Å². The third-order valence-corrected chi connectivity index (χ3v) is 26.1. The summed E-state index contributed by atoms with van der Waals surface area (Å²) in [6.07, 6.45) is 9.56. The van der Waals surface area contributed by atoms with Crippen molar-refractivity contribution in [2.24, 2.45) is 10.2 Å². The lowest BCUT2D eigenvalue weighted by molar-refractivity contribution is 0.0737. The van der Waals surface area contributed by atoms with Gasteiger partial charge in [-0.1, -0.05) is 179 Å². The molecule has 20 nitrogen and oxygen atoms in total. The van der Waals surface area contributed by atoms with Gasteiger partial charge in [0.1, 0.15) is 69.8 Å². The van der Waals surface area contributed by atoms with Crippen LogP contribution in [0.5, 0.6) is 28.7 Å². The van der Waals surface area contributed by atoms with Gasteiger partial charge in [0.05, 0.1) is 95.1 Å². The van der Waals surface area contributed by atoms with Gasteiger partial charge in [0.2, 0.25) is 35.3 Å². The van der Waals surface area contributed by atoms with Crippen LogP contribution in [0.15, 0.2) is 328 Å². The van der Waals surface area contributed by atoms with Crippen LogP contribution in [0.4, 0.5) is 115 Å². The molecule has 12 heterocycles. The van der Waals surface area contributed by atoms with Crippen LogP contribution in [-0.2, 0) is 32.3 Å². The normalized spacial score (nSPS) is 13.1. The number of methoxy groups -OCH3 is 3. The molecule has 6 aromatic heterocycles. The highest BCUT2D eigenvalue weighted by Crippen LogP contribution is 2.56. The van der Waals surface area contributed by atoms with Gasteiger partial charge in [-0.2, -0.15) is 0 Å². The molecule has 0 unspecified atom stereocenters. The van der Waals surface area contributed by atoms with Gasteiger partial charge in [-0.25, -0.2) is 4.79 Å². The number of esters is 1. The van der Waals surface area contributed by atoms with Crippen LogP contribution >= 0.6 is 0 Å². The molecule has 0 fully saturated rings. The SMILES string of the molecule is COc1ccccc1N1c2ccc(C)cc2C=Cc2cc(C)oc21.COc1ccccc1N1c2ccc(C)cc2CCc2cc(C)oc21.COc1ccccc1N1c2ccc(C)cc2N=Nc2cc(C)oc21.Cc1ccc2c(c1)C(=O)Oc1cc(C)oc1N2c1ccccc1C.Cc1ccc2c(c1)CCCc1cc(C)oc1N2c1ccccc1C.Cc1ccc2c(c1)COc1cc(C)oc1N2c1ccccc1C. The first-order valence-corrected chi connectivity index (χ1v) is 48.3. The third kappa shape index (κ3) is 19.6. The van der Waals surface area contributed by atoms with Gasteiger partial charge in [-0.05, 0) is 308 Å². The van der Waals surface area contributed by atoms with Crippen LogP contribution in [0.2, 0.25) is 0 Å². The van der Waals surface area contributed by atoms with Gasteiger partial charge in [0.15, 0.2) is 11.5 Å². The van der Waals surface area contributed by atoms with Crippen LogP contribution in [0.1, 0.15) is 140 Å². The second-order valence-corrected chi connectivity index (χ2v) is 37.0. The highest BCUT2D eigenvalue weighted by atomic mass is 16.5. The maximum Gasteiger partial charge on any atom is 0.345 e. The number of aryl methyl sites for hydroxylation is 19. The van der Waals surface area contributed by atoms with Gasteiger partial charge in [-0.15, -0.1) is 10.2 Å². The molecule has 6 aliphatic rings. The van der Waals surface area contributed by atoms with E-state index in [9.17, 15) is 4.79 Å². The van der Waals surface area contributed by atoms with Crippen molar-refractivity contribution in [3.63, 3.8) is 0 Å². The minimum absolute atomic E-state index is 0.369. The van der Waals surface area contributed by atoms with Crippen molar-refractivity contribution in [1.82, 2.24) is 0 Å². The maximum absolute atomic E-state index is 12.6. The molecule has 0 amide bonds. The van der Waals surface area contributed by atoms with Crippen LogP contribution in [-0.4, -0.2) is 27.3 Å². The number of ether oxygens (including phenoxy) is 5. The van der Waals surface area contributed by atoms with E-state index in [1.54, 1.807) is 27.4 Å². The summed E-state index contributed by atoms with van der Waals surface area (Å²) in [6.45, 7) is 31.1. The average molecular weight is 1900 g/mol. The van der Waals surface area contributed by atoms with E-state index in [4.69, 9.17) is 50.2 Å². The summed E-state index contributed by atoms with van der Waals surface area (Å²) in [4.78, 5) is 25.4. The Morgan fingerprint density at radius 2 is 0.608 bits per heavy atom. The lowest BCUT2D eigenvalue weighted by Crippen LogP contribution is -2.16. The fourth-order valence-electron chi connectivity index (χ4n) is 19.4. The van der Waals surface area contributed by atoms with E-state index >= 15 is 0 Å². The average Bonchev–Trinajstić information content (AvgIpc) is 1.66. The fourth-order valence-corrected chi connectivity index (χ4v) is 19.4. The summed E-state index contributed by atoms with van der Waals surface area (Å²) in [5, 5.41) is 8.79. The number of furan rings is 6. The number of rotatable bonds is 9. The summed E-state index contributed by atoms with van der Waals surface area (Å²) in [5.41, 5.74) is 33.8. The summed E-state index contributed by atoms with van der Waals surface area (Å²) < 4.78 is 64.5. The number of fused-ring (bicyclic) bond motifs is 12. The first-order chi connectivity index (χ1) is 69.3. The number of anilines is 18. The van der Waals surface area contributed by atoms with Gasteiger partial charge < -0.3 is 50.2 Å². The predicted octanol–water partition coefficient (Wildman–Crippen LogP) is 34.4. The van der Waals surface area contributed by atoms with E-state index in [1.807, 2.05) is 200 Å². The lowest BCUT2D eigenvalue weighted by Gasteiger charge is -2.29. The molecule has 24 rings (SSSR count). The Labute approximate surface area is 835 Å². The molecule has 0 saturated heterocycles. The van der Waals surface area contributed by atoms with Gasteiger partial charge in [0.25, 0.3) is 0 Å². The molecule has 6 aliphatic heterocycles. The van der Waals surface area contributed by atoms with Crippen molar-refractivity contribution in [3.8, 4) is 28.7 Å². The molecule has 0 saturated carbocycles. The number of hydrogen-bond acceptors (Lipinski definition) is 20. The number of carbonyl (C=O) groups excluding carboxylic acids is 1. The second-order valence-electron chi connectivity index (χ2n) is 37.0. The Morgan fingerprint density at radius 3 is 1.15 bits per heavy atom. The minimum Gasteiger partial charge on any atom is -0.495 e. The Hall–Kier alpha value is -16.9. The zero-order valence-electron chi connectivity index (χ0n) is 84.1. The molecule has 0 N–H and O–H groups in total. The standard InChI is InChI=1S/C22H23NO.C21H21NO2.C21H19NO2.C20H17NO3.C20H19NO2.C19H17N3O2/c1-15-11-12-21-18(13-15)8-6-9-19-14-17(3)24-22(19)23(21)20-10-5-4-7-16(20)2;2*1-14-8-11-18-16(12-14)9-10-17-13-15(2)24-21(17)22(18)19-6-4-5-7-20(19)23-3;1-12-8-9-17-15(10-12)20(22)24-18-11-14(3)23-19(18)21(17)16-7-5-4-6-13(16)2;1-13-8-9-18-16(10-13)12-22-19-11-15(3)23-20(19)21(18)17-7-5-4-6-14(17)2;1-12-8-9-16-14(10-12)20-21-15-11-13(2)24-19(15)22(16)17-6-4-5-7-18(17)23-3/h4-5,7,10-14H,6,8-9H2,1-3H3;4-8,11-13H,9-10H2,1-3H3;4-13H,1-3H3;4-11H,1-3H3;4-11H,12H2,1-3H3;4-11H,1-3H3. The largest absolute Gasteiger partial charge is 0.495 e. The molecule has 0 radical (unpaired) electrons. The molecular formula is C123H116N8O12. The van der Waals surface area contributed by atoms with Gasteiger partial charge >= 0.3 is 5.97 Å². The molecule has 0 spiro atoms. The molecule has 12 aromatic carbocycles. The van der Waals surface area contributed by atoms with E-state index in [2.05, 4.69) is 241 Å². The second kappa shape index (κ2) is 40.9. The highest BCUT2D eigenvalue weighted by molar-refractivity contribution is 6.03. The third-order valence-electron chi connectivity index (χ3n) is 26.1. The van der Waals surface area contributed by atoms with Crippen molar-refractivity contribution in [1.29, 1.82) is 0 Å². The van der Waals surface area contributed by atoms with Crippen molar-refractivity contribution in [2.45, 2.75) is 143 Å². The summed E-state index contributed by atoms with van der Waals surface area (Å²) in [7, 11) is 5.07. The zero-order valence-corrected chi connectivity index (χ0v) is 84.1. The molecule has 0 aliphatic carbocycles. The van der Waals surface area contributed by atoms with Crippen molar-refractivity contribution in [2.75, 3.05) is 50.7 Å². The quantitative estimate of drug-likeness (QED) is 0.124. The van der Waals surface area contributed by atoms with Crippen LogP contribution in [0, 0.1) is 104 Å². The van der Waals surface area contributed by atoms with Crippen LogP contribution in [0.3, 0.4) is 0 Å². The number of hydrogen-bond donors (Lipinski definition) is 0. The van der Waals surface area contributed by atoms with E-state index in [0.717, 1.165) is 198 Å². The predicted molar refractivity (Wildman–Crippen MR) is 573 cm³/mol. The number of benzene rings is 12. The van der Waals surface area contributed by atoms with Gasteiger partial charge in [-0.3, -0.25) is 29.4 Å². The van der Waals surface area contributed by atoms with Crippen molar-refractivity contribution >= 4 is 133 Å². The van der Waals surface area contributed by atoms with Crippen LogP contribution < -0.4 is 53.1 Å². The van der Waals surface area contributed by atoms with Gasteiger partial charge in [0, 0.05) is 40.5 Å². The lowest BCUT2D eigenvalue weighted by atomic mass is 9.97. The fraction of sp³-hybridized carbons (Fsp3) is 0.195. The summed E-state index contributed by atoms with van der Waals surface area (Å²) in [5.74, 6) is 13.0. The molecule has 18 aromatic rings. The van der Waals surface area contributed by atoms with Crippen LogP contribution in [0.25, 0.3) is 12.2 Å². The first-order valence-electron chi connectivity index (χ1n) is 48.3.